The first kappa shape index (κ1) is 9.97. The van der Waals surface area contributed by atoms with Gasteiger partial charge in [-0.1, -0.05) is 23.9 Å². The minimum atomic E-state index is -0.0440. The van der Waals surface area contributed by atoms with Gasteiger partial charge < -0.3 is 0 Å². The Morgan fingerprint density at radius 2 is 1.79 bits per heavy atom. The number of rotatable bonds is 2. The van der Waals surface area contributed by atoms with Crippen LogP contribution in [0.15, 0.2) is 12.2 Å². The fraction of sp³-hybridized carbons (Fsp3) is 0.636. The van der Waals surface area contributed by atoms with Crippen molar-refractivity contribution in [3.63, 3.8) is 0 Å². The Labute approximate surface area is 88.1 Å². The molecule has 4 atom stereocenters. The van der Waals surface area contributed by atoms with Gasteiger partial charge in [0.15, 0.2) is 5.12 Å². The zero-order chi connectivity index (χ0) is 10.3. The zero-order valence-electron chi connectivity index (χ0n) is 8.40. The largest absolute Gasteiger partial charge is 0.300 e. The minimum Gasteiger partial charge on any atom is -0.300 e. The van der Waals surface area contributed by atoms with Crippen LogP contribution < -0.4 is 0 Å². The Bertz CT molecular complexity index is 308. The monoisotopic (exact) mass is 210 g/mol. The fourth-order valence-electron chi connectivity index (χ4n) is 2.83. The van der Waals surface area contributed by atoms with Gasteiger partial charge in [0.1, 0.15) is 5.78 Å². The van der Waals surface area contributed by atoms with E-state index in [1.165, 1.54) is 11.8 Å². The molecule has 0 N–H and O–H groups in total. The van der Waals surface area contributed by atoms with Crippen LogP contribution in [0.3, 0.4) is 0 Å². The highest BCUT2D eigenvalue weighted by Crippen LogP contribution is 2.49. The normalized spacial score (nSPS) is 39.0. The second-order valence-electron chi connectivity index (χ2n) is 4.13. The second-order valence-corrected chi connectivity index (χ2v) is 4.94. The number of thioether (sulfide) groups is 1. The maximum absolute atomic E-state index is 11.7. The van der Waals surface area contributed by atoms with E-state index in [0.717, 1.165) is 6.42 Å². The second kappa shape index (κ2) is 3.54. The molecule has 0 unspecified atom stereocenters. The molecule has 2 aliphatic rings. The van der Waals surface area contributed by atoms with Crippen LogP contribution >= 0.6 is 11.8 Å². The Morgan fingerprint density at radius 1 is 1.21 bits per heavy atom. The van der Waals surface area contributed by atoms with Crippen molar-refractivity contribution in [1.29, 1.82) is 0 Å². The summed E-state index contributed by atoms with van der Waals surface area (Å²) >= 11 is 1.26. The Balaban J connectivity index is 2.26. The molecule has 2 bridgehead atoms. The lowest BCUT2D eigenvalue weighted by atomic mass is 9.81. The van der Waals surface area contributed by atoms with Gasteiger partial charge in [0, 0.05) is 11.8 Å². The van der Waals surface area contributed by atoms with E-state index < -0.39 is 0 Å². The smallest absolute Gasteiger partial charge is 0.193 e. The molecule has 1 saturated carbocycles. The third-order valence-electron chi connectivity index (χ3n) is 3.40. The Hall–Kier alpha value is -0.570. The summed E-state index contributed by atoms with van der Waals surface area (Å²) in [5.74, 6) is 0.754. The number of hydrogen-bond acceptors (Lipinski definition) is 3. The molecule has 2 aliphatic carbocycles. The SMILES string of the molecule is CSC(=O)[C@H]1[C@H](C(C)=O)[C@@H]2C=C[C@H]1C2. The maximum atomic E-state index is 11.7. The van der Waals surface area contributed by atoms with Gasteiger partial charge in [0.05, 0.1) is 0 Å². The number of Topliss-reactive ketones (excluding diaryl/α,β-unsaturated/α-hetero) is 1. The van der Waals surface area contributed by atoms with Gasteiger partial charge in [-0.25, -0.2) is 0 Å². The predicted octanol–water partition coefficient (Wildman–Crippen LogP) is 1.90. The molecule has 0 saturated heterocycles. The van der Waals surface area contributed by atoms with Crippen LogP contribution in [0.1, 0.15) is 13.3 Å². The zero-order valence-corrected chi connectivity index (χ0v) is 9.21. The van der Waals surface area contributed by atoms with Crippen LogP contribution in [-0.4, -0.2) is 17.2 Å². The van der Waals surface area contributed by atoms with Crippen molar-refractivity contribution in [1.82, 2.24) is 0 Å². The van der Waals surface area contributed by atoms with E-state index in [-0.39, 0.29) is 22.7 Å². The maximum Gasteiger partial charge on any atom is 0.193 e. The van der Waals surface area contributed by atoms with Gasteiger partial charge in [0.2, 0.25) is 0 Å². The molecule has 0 amide bonds. The van der Waals surface area contributed by atoms with Gasteiger partial charge in [-0.15, -0.1) is 0 Å². The minimum absolute atomic E-state index is 0.0371. The third kappa shape index (κ3) is 1.34. The number of ketones is 1. The third-order valence-corrected chi connectivity index (χ3v) is 4.08. The molecular weight excluding hydrogens is 196 g/mol. The Kier molecular flexibility index (Phi) is 2.52. The van der Waals surface area contributed by atoms with Gasteiger partial charge in [-0.3, -0.25) is 9.59 Å². The molecule has 14 heavy (non-hydrogen) atoms. The van der Waals surface area contributed by atoms with E-state index >= 15 is 0 Å². The summed E-state index contributed by atoms with van der Waals surface area (Å²) in [5, 5.41) is 0.182. The molecule has 76 valence electrons. The highest BCUT2D eigenvalue weighted by Gasteiger charge is 2.49. The molecule has 0 aromatic rings. The van der Waals surface area contributed by atoms with Crippen molar-refractivity contribution < 1.29 is 9.59 Å². The number of fused-ring (bicyclic) bond motifs is 2. The summed E-state index contributed by atoms with van der Waals surface area (Å²) in [4.78, 5) is 23.2. The molecule has 3 heteroatoms. The van der Waals surface area contributed by atoms with Crippen LogP contribution in [0, 0.1) is 23.7 Å². The van der Waals surface area contributed by atoms with E-state index in [1.54, 1.807) is 13.2 Å². The van der Waals surface area contributed by atoms with Gasteiger partial charge >= 0.3 is 0 Å². The van der Waals surface area contributed by atoms with Crippen molar-refractivity contribution in [3.05, 3.63) is 12.2 Å². The first-order chi connectivity index (χ1) is 6.65. The van der Waals surface area contributed by atoms with E-state index in [1.807, 2.05) is 0 Å². The quantitative estimate of drug-likeness (QED) is 0.653. The van der Waals surface area contributed by atoms with Crippen LogP contribution in [0.2, 0.25) is 0 Å². The summed E-state index contributed by atoms with van der Waals surface area (Å²) < 4.78 is 0. The predicted molar refractivity (Wildman–Crippen MR) is 56.9 cm³/mol. The number of allylic oxidation sites excluding steroid dienone is 2. The lowest BCUT2D eigenvalue weighted by molar-refractivity contribution is -0.127. The van der Waals surface area contributed by atoms with Crippen molar-refractivity contribution in [2.24, 2.45) is 23.7 Å². The summed E-state index contributed by atoms with van der Waals surface area (Å²) in [5.41, 5.74) is 0. The fourth-order valence-corrected chi connectivity index (χ4v) is 3.43. The molecule has 0 aromatic heterocycles. The topological polar surface area (TPSA) is 34.1 Å². The average Bonchev–Trinajstić information content (AvgIpc) is 2.74. The summed E-state index contributed by atoms with van der Waals surface area (Å²) in [6, 6.07) is 0. The van der Waals surface area contributed by atoms with E-state index in [9.17, 15) is 9.59 Å². The highest BCUT2D eigenvalue weighted by atomic mass is 32.2. The molecule has 0 aliphatic heterocycles. The molecule has 0 spiro atoms. The van der Waals surface area contributed by atoms with Gasteiger partial charge in [-0.2, -0.15) is 0 Å². The molecule has 2 nitrogen and oxygen atoms in total. The molecule has 0 radical (unpaired) electrons. The van der Waals surface area contributed by atoms with Crippen LogP contribution in [0.5, 0.6) is 0 Å². The molecule has 0 aromatic carbocycles. The summed E-state index contributed by atoms with van der Waals surface area (Å²) in [7, 11) is 0. The molecular formula is C11H14O2S. The van der Waals surface area contributed by atoms with Gasteiger partial charge in [0.25, 0.3) is 0 Å². The van der Waals surface area contributed by atoms with E-state index in [2.05, 4.69) is 12.2 Å². The van der Waals surface area contributed by atoms with E-state index in [4.69, 9.17) is 0 Å². The van der Waals surface area contributed by atoms with Crippen molar-refractivity contribution in [2.75, 3.05) is 6.26 Å². The summed E-state index contributed by atoms with van der Waals surface area (Å²) in [6.45, 7) is 1.61. The van der Waals surface area contributed by atoms with Crippen molar-refractivity contribution in [2.45, 2.75) is 13.3 Å². The first-order valence-electron chi connectivity index (χ1n) is 4.91. The highest BCUT2D eigenvalue weighted by molar-refractivity contribution is 8.13. The molecule has 0 heterocycles. The number of carbonyl (C=O) groups excluding carboxylic acids is 2. The van der Waals surface area contributed by atoms with Crippen LogP contribution in [0.4, 0.5) is 0 Å². The van der Waals surface area contributed by atoms with Gasteiger partial charge in [-0.05, 0) is 31.4 Å². The lowest BCUT2D eigenvalue weighted by Gasteiger charge is -2.23. The average molecular weight is 210 g/mol. The Morgan fingerprint density at radius 3 is 2.29 bits per heavy atom. The van der Waals surface area contributed by atoms with Crippen LogP contribution in [0.25, 0.3) is 0 Å². The standard InChI is InChI=1S/C11H14O2S/c1-6(12)9-7-3-4-8(5-7)10(9)11(13)14-2/h3-4,7-10H,5H2,1-2H3/t7-,8+,9-,10-/m1/s1. The molecule has 1 fully saturated rings. The lowest BCUT2D eigenvalue weighted by Crippen LogP contribution is -2.30. The summed E-state index contributed by atoms with van der Waals surface area (Å²) in [6.07, 6.45) is 7.03. The van der Waals surface area contributed by atoms with Crippen LogP contribution in [-0.2, 0) is 9.59 Å². The van der Waals surface area contributed by atoms with Crippen molar-refractivity contribution in [3.8, 4) is 0 Å². The van der Waals surface area contributed by atoms with E-state index in [0.29, 0.717) is 11.8 Å². The number of carbonyl (C=O) groups is 2. The van der Waals surface area contributed by atoms with Crippen molar-refractivity contribution >= 4 is 22.7 Å². The first-order valence-corrected chi connectivity index (χ1v) is 6.14. The molecule has 2 rings (SSSR count). The number of hydrogen-bond donors (Lipinski definition) is 0.